The summed E-state index contributed by atoms with van der Waals surface area (Å²) in [7, 11) is 5.41. The molecule has 0 bridgehead atoms. The lowest BCUT2D eigenvalue weighted by Gasteiger charge is -2.34. The third kappa shape index (κ3) is 49.3. The number of nitrogens with zero attached hydrogens (tertiary/aromatic N) is 1. The summed E-state index contributed by atoms with van der Waals surface area (Å²) in [6, 6.07) is -0.734. The number of esters is 2. The van der Waals surface area contributed by atoms with Crippen LogP contribution in [0.25, 0.3) is 0 Å². The van der Waals surface area contributed by atoms with Crippen molar-refractivity contribution in [2.45, 2.75) is 244 Å². The predicted octanol–water partition coefficient (Wildman–Crippen LogP) is 15.5. The Bertz CT molecular complexity index is 1400. The quantitative estimate of drug-likeness (QED) is 0.0259. The fraction of sp³-hybridized carbons (Fsp3) is 0.721. The number of ether oxygens (including phenoxy) is 3. The molecule has 0 aromatic heterocycles. The number of rotatable bonds is 50. The van der Waals surface area contributed by atoms with Crippen molar-refractivity contribution in [3.8, 4) is 0 Å². The molecule has 2 atom stereocenters. The molecule has 0 spiro atoms. The summed E-state index contributed by atoms with van der Waals surface area (Å²) in [5, 5.41) is 11.7. The molecular formula is C61H105NO7. The molecule has 0 aromatic rings. The number of likely N-dealkylation sites (N-methyl/N-ethyl adjacent to an activating group) is 1. The van der Waals surface area contributed by atoms with Crippen molar-refractivity contribution in [2.75, 3.05) is 41.0 Å². The number of unbranched alkanes of at least 4 members (excludes halogenated alkanes) is 22. The maximum Gasteiger partial charge on any atom is 0.306 e. The van der Waals surface area contributed by atoms with Crippen molar-refractivity contribution < 1.29 is 38.2 Å². The van der Waals surface area contributed by atoms with Crippen molar-refractivity contribution in [3.63, 3.8) is 0 Å². The lowest BCUT2D eigenvalue weighted by Crippen LogP contribution is -2.55. The molecule has 0 aliphatic heterocycles. The van der Waals surface area contributed by atoms with Gasteiger partial charge < -0.3 is 28.6 Å². The molecule has 2 unspecified atom stereocenters. The first-order chi connectivity index (χ1) is 33.6. The normalized spacial score (nSPS) is 13.5. The molecule has 0 N–H and O–H groups in total. The highest BCUT2D eigenvalue weighted by molar-refractivity contribution is 5.70. The second kappa shape index (κ2) is 50.9. The Balaban J connectivity index is 4.25. The summed E-state index contributed by atoms with van der Waals surface area (Å²) in [6.45, 7) is 4.54. The summed E-state index contributed by atoms with van der Waals surface area (Å²) >= 11 is 0. The highest BCUT2D eigenvalue weighted by atomic mass is 16.6. The average Bonchev–Trinajstić information content (AvgIpc) is 3.31. The molecule has 396 valence electrons. The van der Waals surface area contributed by atoms with Gasteiger partial charge in [-0.2, -0.15) is 0 Å². The number of hydrogen-bond acceptors (Lipinski definition) is 7. The van der Waals surface area contributed by atoms with E-state index in [4.69, 9.17) is 14.2 Å². The molecule has 69 heavy (non-hydrogen) atoms. The van der Waals surface area contributed by atoms with Gasteiger partial charge in [0.25, 0.3) is 0 Å². The van der Waals surface area contributed by atoms with Gasteiger partial charge in [0.15, 0.2) is 6.10 Å². The van der Waals surface area contributed by atoms with Crippen molar-refractivity contribution in [1.82, 2.24) is 0 Å². The zero-order valence-electron chi connectivity index (χ0n) is 45.2. The van der Waals surface area contributed by atoms with Crippen LogP contribution in [-0.2, 0) is 28.6 Å². The van der Waals surface area contributed by atoms with Gasteiger partial charge in [0, 0.05) is 19.3 Å². The number of hydrogen-bond donors (Lipinski definition) is 0. The molecule has 0 aliphatic carbocycles. The topological polar surface area (TPSA) is 102 Å². The van der Waals surface area contributed by atoms with Crippen LogP contribution in [0.1, 0.15) is 232 Å². The Kier molecular flexibility index (Phi) is 48.3. The van der Waals surface area contributed by atoms with Gasteiger partial charge in [-0.05, 0) is 89.9 Å². The fourth-order valence-electron chi connectivity index (χ4n) is 7.95. The van der Waals surface area contributed by atoms with Crippen LogP contribution >= 0.6 is 0 Å². The monoisotopic (exact) mass is 964 g/mol. The van der Waals surface area contributed by atoms with Crippen LogP contribution in [0, 0.1) is 0 Å². The zero-order valence-corrected chi connectivity index (χ0v) is 45.2. The molecule has 0 amide bonds. The molecule has 0 aliphatic rings. The summed E-state index contributed by atoms with van der Waals surface area (Å²) in [6.07, 6.45) is 67.6. The third-order valence-corrected chi connectivity index (χ3v) is 12.3. The van der Waals surface area contributed by atoms with Crippen molar-refractivity contribution in [3.05, 3.63) is 85.1 Å². The summed E-state index contributed by atoms with van der Waals surface area (Å²) in [5.74, 6) is -1.76. The van der Waals surface area contributed by atoms with Crippen LogP contribution < -0.4 is 5.11 Å². The maximum absolute atomic E-state index is 12.8. The minimum absolute atomic E-state index is 0.0300. The standard InChI is InChI=1S/C61H105NO7/c1-6-8-10-12-14-16-18-20-22-24-26-28-30-32-33-35-37-39-41-43-45-47-49-51-59(63)68-56-57(55-67-54-53-58(61(65)66)62(3,4)5)69-60(64)52-50-48-46-44-42-40-38-36-34-31-29-27-25-23-21-19-17-15-13-11-9-7-2/h8,10,14,16,20,22,25-28,31-34,57-58H,6-7,9,11-13,15,17-19,21,23-24,29-30,35-56H2,1-5H3/b10-8+,16-14+,22-20+,27-25+,28-26+,33-32+,34-31+. The average molecular weight is 965 g/mol. The van der Waals surface area contributed by atoms with E-state index >= 15 is 0 Å². The second-order valence-corrected chi connectivity index (χ2v) is 19.8. The molecular weight excluding hydrogens is 859 g/mol. The van der Waals surface area contributed by atoms with E-state index in [9.17, 15) is 19.5 Å². The minimum Gasteiger partial charge on any atom is -0.544 e. The van der Waals surface area contributed by atoms with Crippen LogP contribution in [0.15, 0.2) is 85.1 Å². The molecule has 0 saturated heterocycles. The Labute approximate surface area is 424 Å². The highest BCUT2D eigenvalue weighted by Gasteiger charge is 2.25. The third-order valence-electron chi connectivity index (χ3n) is 12.3. The molecule has 0 radical (unpaired) electrons. The highest BCUT2D eigenvalue weighted by Crippen LogP contribution is 2.15. The summed E-state index contributed by atoms with van der Waals surface area (Å²) in [5.41, 5.74) is 0. The molecule has 0 rings (SSSR count). The van der Waals surface area contributed by atoms with E-state index in [0.29, 0.717) is 12.8 Å². The predicted molar refractivity (Wildman–Crippen MR) is 291 cm³/mol. The van der Waals surface area contributed by atoms with Gasteiger partial charge in [-0.3, -0.25) is 9.59 Å². The Morgan fingerprint density at radius 3 is 1.20 bits per heavy atom. The van der Waals surface area contributed by atoms with Gasteiger partial charge in [-0.15, -0.1) is 0 Å². The molecule has 0 heterocycles. The molecule has 0 saturated carbocycles. The fourth-order valence-corrected chi connectivity index (χ4v) is 7.95. The van der Waals surface area contributed by atoms with Crippen LogP contribution in [0.3, 0.4) is 0 Å². The first-order valence-electron chi connectivity index (χ1n) is 28.1. The Morgan fingerprint density at radius 2 is 0.812 bits per heavy atom. The van der Waals surface area contributed by atoms with Gasteiger partial charge in [0.05, 0.1) is 40.3 Å². The maximum atomic E-state index is 12.8. The zero-order chi connectivity index (χ0) is 50.6. The first-order valence-corrected chi connectivity index (χ1v) is 28.1. The first kappa shape index (κ1) is 65.5. The number of carboxylic acid groups (broad SMARTS) is 1. The largest absolute Gasteiger partial charge is 0.544 e. The van der Waals surface area contributed by atoms with Crippen molar-refractivity contribution >= 4 is 17.9 Å². The van der Waals surface area contributed by atoms with Gasteiger partial charge >= 0.3 is 11.9 Å². The smallest absolute Gasteiger partial charge is 0.306 e. The number of carbonyl (C=O) groups excluding carboxylic acids is 3. The van der Waals surface area contributed by atoms with Crippen LogP contribution in [0.4, 0.5) is 0 Å². The van der Waals surface area contributed by atoms with Crippen molar-refractivity contribution in [2.24, 2.45) is 0 Å². The number of aliphatic carboxylic acids is 1. The molecule has 8 heteroatoms. The van der Waals surface area contributed by atoms with E-state index < -0.39 is 18.1 Å². The minimum atomic E-state index is -1.13. The SMILES string of the molecule is CC/C=C/C/C=C/C/C=C/C/C=C/C/C=C/CCCCCCCCCC(=O)OCC(COCCC(C(=O)[O-])[N+](C)(C)C)OC(=O)CCCCCCCCC/C=C/C/C=C/CCCCCCCCCC. The van der Waals surface area contributed by atoms with Crippen LogP contribution in [0.2, 0.25) is 0 Å². The van der Waals surface area contributed by atoms with E-state index in [1.807, 2.05) is 0 Å². The van der Waals surface area contributed by atoms with Crippen LogP contribution in [0.5, 0.6) is 0 Å². The van der Waals surface area contributed by atoms with E-state index in [0.717, 1.165) is 89.9 Å². The van der Waals surface area contributed by atoms with Gasteiger partial charge in [-0.25, -0.2) is 0 Å². The number of carboxylic acids is 1. The number of carbonyl (C=O) groups is 3. The second-order valence-electron chi connectivity index (χ2n) is 19.8. The van der Waals surface area contributed by atoms with Gasteiger partial charge in [0.2, 0.25) is 0 Å². The van der Waals surface area contributed by atoms with E-state index in [2.05, 4.69) is 98.9 Å². The summed E-state index contributed by atoms with van der Waals surface area (Å²) < 4.78 is 17.3. The van der Waals surface area contributed by atoms with E-state index in [1.54, 1.807) is 21.1 Å². The Hall–Kier alpha value is -3.49. The van der Waals surface area contributed by atoms with E-state index in [1.165, 1.54) is 109 Å². The van der Waals surface area contributed by atoms with E-state index in [-0.39, 0.29) is 42.7 Å². The summed E-state index contributed by atoms with van der Waals surface area (Å²) in [4.78, 5) is 37.1. The Morgan fingerprint density at radius 1 is 0.449 bits per heavy atom. The lowest BCUT2D eigenvalue weighted by atomic mass is 10.1. The van der Waals surface area contributed by atoms with Crippen molar-refractivity contribution in [1.29, 1.82) is 0 Å². The van der Waals surface area contributed by atoms with Crippen LogP contribution in [-0.4, -0.2) is 75.5 Å². The number of quaternary nitrogens is 1. The number of allylic oxidation sites excluding steroid dienone is 14. The molecule has 8 nitrogen and oxygen atoms in total. The van der Waals surface area contributed by atoms with Gasteiger partial charge in [0.1, 0.15) is 12.6 Å². The molecule has 0 aromatic carbocycles. The lowest BCUT2D eigenvalue weighted by molar-refractivity contribution is -0.889. The van der Waals surface area contributed by atoms with Gasteiger partial charge in [-0.1, -0.05) is 208 Å². The molecule has 0 fully saturated rings.